The van der Waals surface area contributed by atoms with Crippen molar-refractivity contribution in [1.82, 2.24) is 10.0 Å². The van der Waals surface area contributed by atoms with Crippen LogP contribution in [0.5, 0.6) is 0 Å². The molecule has 0 unspecified atom stereocenters. The molecule has 0 saturated heterocycles. The lowest BCUT2D eigenvalue weighted by atomic mass is 10.2. The van der Waals surface area contributed by atoms with Crippen LogP contribution in [0, 0.1) is 5.92 Å². The van der Waals surface area contributed by atoms with Crippen LogP contribution in [0.15, 0.2) is 29.2 Å². The van der Waals surface area contributed by atoms with E-state index in [1.54, 1.807) is 12.1 Å². The van der Waals surface area contributed by atoms with Crippen molar-refractivity contribution >= 4 is 10.0 Å². The molecule has 0 atom stereocenters. The van der Waals surface area contributed by atoms with E-state index in [4.69, 9.17) is 4.74 Å². The van der Waals surface area contributed by atoms with Gasteiger partial charge >= 0.3 is 0 Å². The Hall–Kier alpha value is -0.950. The van der Waals surface area contributed by atoms with Gasteiger partial charge in [-0.15, -0.1) is 0 Å². The molecule has 1 saturated carbocycles. The van der Waals surface area contributed by atoms with Gasteiger partial charge in [-0.25, -0.2) is 13.1 Å². The van der Waals surface area contributed by atoms with E-state index in [1.165, 1.54) is 12.8 Å². The highest BCUT2D eigenvalue weighted by molar-refractivity contribution is 7.89. The molecule has 1 aliphatic rings. The number of rotatable bonds is 10. The number of ether oxygens (including phenoxy) is 1. The van der Waals surface area contributed by atoms with Gasteiger partial charge < -0.3 is 10.1 Å². The van der Waals surface area contributed by atoms with Gasteiger partial charge in [0.15, 0.2) is 0 Å². The fraction of sp³-hybridized carbons (Fsp3) is 0.600. The lowest BCUT2D eigenvalue weighted by Gasteiger charge is -2.12. The first-order valence-electron chi connectivity index (χ1n) is 7.49. The van der Waals surface area contributed by atoms with Crippen molar-refractivity contribution in [2.24, 2.45) is 5.92 Å². The third-order valence-electron chi connectivity index (χ3n) is 3.42. The maximum absolute atomic E-state index is 12.3. The molecule has 0 amide bonds. The Balaban J connectivity index is 1.87. The predicted molar refractivity (Wildman–Crippen MR) is 82.6 cm³/mol. The summed E-state index contributed by atoms with van der Waals surface area (Å²) in [4.78, 5) is 0.341. The van der Waals surface area contributed by atoms with Gasteiger partial charge in [0, 0.05) is 19.7 Å². The Kier molecular flexibility index (Phi) is 6.17. The molecular formula is C15H24N2O3S. The summed E-state index contributed by atoms with van der Waals surface area (Å²) >= 11 is 0. The van der Waals surface area contributed by atoms with E-state index in [0.717, 1.165) is 18.7 Å². The number of nitrogens with one attached hydrogen (secondary N) is 2. The maximum Gasteiger partial charge on any atom is 0.240 e. The van der Waals surface area contributed by atoms with E-state index >= 15 is 0 Å². The van der Waals surface area contributed by atoms with E-state index in [2.05, 4.69) is 10.0 Å². The molecule has 1 aromatic rings. The van der Waals surface area contributed by atoms with Crippen molar-refractivity contribution in [2.75, 3.05) is 26.3 Å². The lowest BCUT2D eigenvalue weighted by molar-refractivity contribution is 0.129. The van der Waals surface area contributed by atoms with Crippen molar-refractivity contribution in [3.63, 3.8) is 0 Å². The SMILES string of the molecule is CCNCc1ccccc1S(=O)(=O)NCCOCC1CC1. The smallest absolute Gasteiger partial charge is 0.240 e. The second kappa shape index (κ2) is 7.89. The second-order valence-electron chi connectivity index (χ2n) is 5.30. The van der Waals surface area contributed by atoms with Gasteiger partial charge in [-0.3, -0.25) is 0 Å². The van der Waals surface area contributed by atoms with Crippen LogP contribution in [-0.2, 0) is 21.3 Å². The van der Waals surface area contributed by atoms with Crippen LogP contribution < -0.4 is 10.0 Å². The first-order chi connectivity index (χ1) is 10.1. The molecule has 21 heavy (non-hydrogen) atoms. The normalized spacial score (nSPS) is 15.3. The van der Waals surface area contributed by atoms with Crippen LogP contribution >= 0.6 is 0 Å². The van der Waals surface area contributed by atoms with E-state index in [9.17, 15) is 8.42 Å². The molecule has 0 aromatic heterocycles. The summed E-state index contributed by atoms with van der Waals surface area (Å²) in [6, 6.07) is 7.07. The van der Waals surface area contributed by atoms with Crippen LogP contribution in [0.1, 0.15) is 25.3 Å². The minimum absolute atomic E-state index is 0.310. The molecule has 0 aliphatic heterocycles. The summed E-state index contributed by atoms with van der Waals surface area (Å²) in [5, 5.41) is 3.16. The largest absolute Gasteiger partial charge is 0.380 e. The third-order valence-corrected chi connectivity index (χ3v) is 4.98. The van der Waals surface area contributed by atoms with Crippen molar-refractivity contribution in [1.29, 1.82) is 0 Å². The minimum Gasteiger partial charge on any atom is -0.380 e. The molecule has 1 fully saturated rings. The predicted octanol–water partition coefficient (Wildman–Crippen LogP) is 1.50. The highest BCUT2D eigenvalue weighted by Gasteiger charge is 2.21. The molecule has 118 valence electrons. The molecule has 0 bridgehead atoms. The zero-order chi connectivity index (χ0) is 15.1. The maximum atomic E-state index is 12.3. The molecule has 1 aromatic carbocycles. The number of hydrogen-bond donors (Lipinski definition) is 2. The van der Waals surface area contributed by atoms with Crippen LogP contribution in [0.2, 0.25) is 0 Å². The summed E-state index contributed by atoms with van der Waals surface area (Å²) in [6.45, 7) is 4.82. The highest BCUT2D eigenvalue weighted by atomic mass is 32.2. The zero-order valence-corrected chi connectivity index (χ0v) is 13.3. The topological polar surface area (TPSA) is 67.4 Å². The van der Waals surface area contributed by atoms with Crippen molar-refractivity contribution in [3.8, 4) is 0 Å². The van der Waals surface area contributed by atoms with E-state index in [-0.39, 0.29) is 0 Å². The Morgan fingerprint density at radius 3 is 2.76 bits per heavy atom. The molecule has 6 heteroatoms. The Morgan fingerprint density at radius 1 is 1.29 bits per heavy atom. The molecule has 0 heterocycles. The Morgan fingerprint density at radius 2 is 2.05 bits per heavy atom. The zero-order valence-electron chi connectivity index (χ0n) is 12.5. The van der Waals surface area contributed by atoms with Crippen LogP contribution in [-0.4, -0.2) is 34.7 Å². The summed E-state index contributed by atoms with van der Waals surface area (Å²) in [7, 11) is -3.48. The molecule has 0 spiro atoms. The van der Waals surface area contributed by atoms with E-state index < -0.39 is 10.0 Å². The quantitative estimate of drug-likeness (QED) is 0.643. The van der Waals surface area contributed by atoms with Crippen LogP contribution in [0.3, 0.4) is 0 Å². The van der Waals surface area contributed by atoms with Gasteiger partial charge in [-0.2, -0.15) is 0 Å². The van der Waals surface area contributed by atoms with Gasteiger partial charge in [-0.1, -0.05) is 25.1 Å². The lowest BCUT2D eigenvalue weighted by Crippen LogP contribution is -2.29. The first-order valence-corrected chi connectivity index (χ1v) is 8.98. The summed E-state index contributed by atoms with van der Waals surface area (Å²) in [5.41, 5.74) is 0.783. The fourth-order valence-corrected chi connectivity index (χ4v) is 3.28. The molecule has 2 rings (SSSR count). The van der Waals surface area contributed by atoms with Crippen LogP contribution in [0.25, 0.3) is 0 Å². The van der Waals surface area contributed by atoms with Gasteiger partial charge in [-0.05, 0) is 36.9 Å². The van der Waals surface area contributed by atoms with Gasteiger partial charge in [0.2, 0.25) is 10.0 Å². The summed E-state index contributed by atoms with van der Waals surface area (Å²) in [5.74, 6) is 0.697. The molecule has 0 radical (unpaired) electrons. The molecule has 2 N–H and O–H groups in total. The van der Waals surface area contributed by atoms with Crippen LogP contribution in [0.4, 0.5) is 0 Å². The highest BCUT2D eigenvalue weighted by Crippen LogP contribution is 2.28. The number of sulfonamides is 1. The third kappa shape index (κ3) is 5.39. The number of benzene rings is 1. The van der Waals surface area contributed by atoms with Crippen molar-refractivity contribution in [2.45, 2.75) is 31.2 Å². The molecule has 1 aliphatic carbocycles. The van der Waals surface area contributed by atoms with Gasteiger partial charge in [0.05, 0.1) is 11.5 Å². The average Bonchev–Trinajstić information content (AvgIpc) is 3.29. The fourth-order valence-electron chi connectivity index (χ4n) is 2.03. The minimum atomic E-state index is -3.48. The van der Waals surface area contributed by atoms with Gasteiger partial charge in [0.1, 0.15) is 0 Å². The summed E-state index contributed by atoms with van der Waals surface area (Å²) < 4.78 is 32.7. The van der Waals surface area contributed by atoms with Crippen molar-refractivity contribution < 1.29 is 13.2 Å². The molecule has 5 nitrogen and oxygen atoms in total. The number of hydrogen-bond acceptors (Lipinski definition) is 4. The van der Waals surface area contributed by atoms with E-state index in [0.29, 0.717) is 30.5 Å². The standard InChI is InChI=1S/C15H24N2O3S/c1-2-16-11-14-5-3-4-6-15(14)21(18,19)17-9-10-20-12-13-7-8-13/h3-6,13,16-17H,2,7-12H2,1H3. The van der Waals surface area contributed by atoms with Crippen molar-refractivity contribution in [3.05, 3.63) is 29.8 Å². The molecular weight excluding hydrogens is 288 g/mol. The first kappa shape index (κ1) is 16.4. The monoisotopic (exact) mass is 312 g/mol. The second-order valence-corrected chi connectivity index (χ2v) is 7.04. The van der Waals surface area contributed by atoms with E-state index in [1.807, 2.05) is 19.1 Å². The van der Waals surface area contributed by atoms with Gasteiger partial charge in [0.25, 0.3) is 0 Å². The Labute approximate surface area is 127 Å². The average molecular weight is 312 g/mol. The summed E-state index contributed by atoms with van der Waals surface area (Å²) in [6.07, 6.45) is 2.48. The Bertz CT molecular complexity index is 542.